The summed E-state index contributed by atoms with van der Waals surface area (Å²) in [6, 6.07) is 8.87. The highest BCUT2D eigenvalue weighted by Gasteiger charge is 2.63. The molecule has 1 aliphatic heterocycles. The van der Waals surface area contributed by atoms with Crippen LogP contribution in [0.4, 0.5) is 13.2 Å². The lowest BCUT2D eigenvalue weighted by Crippen LogP contribution is -2.45. The molecule has 208 valence electrons. The number of benzene rings is 1. The van der Waals surface area contributed by atoms with E-state index in [9.17, 15) is 18.0 Å². The number of fused-ring (bicyclic) bond motifs is 1. The Morgan fingerprint density at radius 3 is 2.42 bits per heavy atom. The summed E-state index contributed by atoms with van der Waals surface area (Å²) >= 11 is 0. The van der Waals surface area contributed by atoms with E-state index >= 15 is 0 Å². The Labute approximate surface area is 229 Å². The van der Waals surface area contributed by atoms with Gasteiger partial charge in [0.15, 0.2) is 0 Å². The van der Waals surface area contributed by atoms with E-state index in [0.717, 1.165) is 43.7 Å². The van der Waals surface area contributed by atoms with Crippen LogP contribution >= 0.6 is 0 Å². The van der Waals surface area contributed by atoms with E-state index in [2.05, 4.69) is 15.1 Å². The molecule has 4 fully saturated rings. The number of likely N-dealkylation sites (tertiary alicyclic amines) is 1. The molecule has 4 heterocycles. The molecule has 2 spiro atoms. The third-order valence-corrected chi connectivity index (χ3v) is 10.1. The first-order valence-corrected chi connectivity index (χ1v) is 14.1. The van der Waals surface area contributed by atoms with Crippen LogP contribution in [0.15, 0.2) is 53.8 Å². The molecule has 3 aliphatic carbocycles. The number of hydrogen-bond donors (Lipinski definition) is 0. The number of aryl methyl sites for hydroxylation is 1. The number of imidazole rings is 1. The van der Waals surface area contributed by atoms with Crippen molar-refractivity contribution in [1.82, 2.24) is 28.6 Å². The van der Waals surface area contributed by atoms with Gasteiger partial charge in [0.05, 0.1) is 22.2 Å². The second kappa shape index (κ2) is 7.87. The van der Waals surface area contributed by atoms with Crippen LogP contribution in [-0.4, -0.2) is 41.7 Å². The summed E-state index contributed by atoms with van der Waals surface area (Å²) in [5.41, 5.74) is 1.09. The summed E-state index contributed by atoms with van der Waals surface area (Å²) in [6.07, 6.45) is 7.89. The second-order valence-electron chi connectivity index (χ2n) is 13.0. The van der Waals surface area contributed by atoms with Crippen molar-refractivity contribution < 1.29 is 13.2 Å². The quantitative estimate of drug-likeness (QED) is 0.349. The number of rotatable bonds is 5. The molecule has 8 rings (SSSR count). The lowest BCUT2D eigenvalue weighted by atomic mass is 9.56. The smallest absolute Gasteiger partial charge is 0.320 e. The molecular formula is C30H31F3N6O. The third kappa shape index (κ3) is 3.64. The van der Waals surface area contributed by atoms with Crippen molar-refractivity contribution in [3.05, 3.63) is 82.1 Å². The van der Waals surface area contributed by atoms with Gasteiger partial charge in [0.2, 0.25) is 0 Å². The normalized spacial score (nSPS) is 22.3. The van der Waals surface area contributed by atoms with Gasteiger partial charge in [-0.2, -0.15) is 13.2 Å². The standard InChI is InChI=1S/C30H31F3N6O/c1-36-19-34-35-25(36)29(16-28(17-29)7-8-28)21-3-2-4-22(12-21)38-15-24-23(30(31,32)33)11-20(14-39(24)26(38)40)13-37-10-9-27(18-37)5-6-27/h2-4,11-12,14-15,19H,5-10,13,16-18H2,1H3. The largest absolute Gasteiger partial charge is 0.418 e. The predicted octanol–water partition coefficient (Wildman–Crippen LogP) is 5.08. The highest BCUT2D eigenvalue weighted by atomic mass is 19.4. The first-order valence-electron chi connectivity index (χ1n) is 14.1. The molecule has 1 saturated heterocycles. The summed E-state index contributed by atoms with van der Waals surface area (Å²) in [5.74, 6) is 0.885. The van der Waals surface area contributed by atoms with Crippen LogP contribution in [0.1, 0.15) is 67.5 Å². The van der Waals surface area contributed by atoms with Crippen LogP contribution in [0.5, 0.6) is 0 Å². The summed E-state index contributed by atoms with van der Waals surface area (Å²) in [6.45, 7) is 2.22. The Hall–Kier alpha value is -3.40. The number of hydrogen-bond acceptors (Lipinski definition) is 4. The van der Waals surface area contributed by atoms with E-state index in [4.69, 9.17) is 0 Å². The van der Waals surface area contributed by atoms with Crippen molar-refractivity contribution in [3.63, 3.8) is 0 Å². The summed E-state index contributed by atoms with van der Waals surface area (Å²) in [5, 5.41) is 8.57. The lowest BCUT2D eigenvalue weighted by Gasteiger charge is -2.48. The van der Waals surface area contributed by atoms with E-state index in [0.29, 0.717) is 28.6 Å². The van der Waals surface area contributed by atoms with Gasteiger partial charge in [-0.15, -0.1) is 10.2 Å². The van der Waals surface area contributed by atoms with Gasteiger partial charge in [-0.05, 0) is 91.6 Å². The van der Waals surface area contributed by atoms with Gasteiger partial charge in [-0.3, -0.25) is 13.9 Å². The highest BCUT2D eigenvalue weighted by molar-refractivity contribution is 5.58. The topological polar surface area (TPSA) is 60.4 Å². The third-order valence-electron chi connectivity index (χ3n) is 10.1. The average molecular weight is 549 g/mol. The van der Waals surface area contributed by atoms with Crippen molar-refractivity contribution in [1.29, 1.82) is 0 Å². The molecule has 0 radical (unpaired) electrons. The van der Waals surface area contributed by atoms with Crippen molar-refractivity contribution in [3.8, 4) is 5.69 Å². The zero-order valence-electron chi connectivity index (χ0n) is 22.4. The SMILES string of the molecule is Cn1cnnc1C1(c2cccc(-n3cc4c(C(F)(F)F)cc(CN5CCC6(CC6)C5)cn4c3=O)c2)CC2(CC2)C1. The van der Waals surface area contributed by atoms with Crippen LogP contribution in [0.3, 0.4) is 0 Å². The maximum atomic E-state index is 14.3. The fourth-order valence-electron chi connectivity index (χ4n) is 7.67. The van der Waals surface area contributed by atoms with Crippen molar-refractivity contribution >= 4 is 5.52 Å². The number of halogens is 3. The number of nitrogens with zero attached hydrogens (tertiary/aromatic N) is 6. The molecule has 1 aromatic carbocycles. The minimum atomic E-state index is -4.58. The lowest BCUT2D eigenvalue weighted by molar-refractivity contribution is -0.136. The number of aromatic nitrogens is 5. The molecule has 0 N–H and O–H groups in total. The maximum absolute atomic E-state index is 14.3. The number of alkyl halides is 3. The Morgan fingerprint density at radius 1 is 1.00 bits per heavy atom. The fraction of sp³-hybridized carbons (Fsp3) is 0.500. The van der Waals surface area contributed by atoms with E-state index < -0.39 is 17.4 Å². The molecule has 0 unspecified atom stereocenters. The Kier molecular flexibility index (Phi) is 4.80. The molecule has 0 bridgehead atoms. The number of pyridine rings is 1. The summed E-state index contributed by atoms with van der Waals surface area (Å²) < 4.78 is 47.3. The van der Waals surface area contributed by atoms with Crippen LogP contribution in [-0.2, 0) is 25.2 Å². The van der Waals surface area contributed by atoms with E-state index in [1.54, 1.807) is 18.6 Å². The van der Waals surface area contributed by atoms with Crippen molar-refractivity contribution in [2.45, 2.75) is 63.1 Å². The predicted molar refractivity (Wildman–Crippen MR) is 142 cm³/mol. The Bertz CT molecular complexity index is 1710. The zero-order valence-corrected chi connectivity index (χ0v) is 22.4. The molecule has 0 amide bonds. The summed E-state index contributed by atoms with van der Waals surface area (Å²) in [4.78, 5) is 15.9. The van der Waals surface area contributed by atoms with Gasteiger partial charge >= 0.3 is 11.9 Å². The summed E-state index contributed by atoms with van der Waals surface area (Å²) in [7, 11) is 1.94. The molecule has 3 aromatic heterocycles. The van der Waals surface area contributed by atoms with Crippen LogP contribution < -0.4 is 5.69 Å². The molecule has 10 heteroatoms. The van der Waals surface area contributed by atoms with Gasteiger partial charge in [-0.25, -0.2) is 4.79 Å². The molecule has 40 heavy (non-hydrogen) atoms. The average Bonchev–Trinajstić information content (AvgIpc) is 3.73. The van der Waals surface area contributed by atoms with Crippen molar-refractivity contribution in [2.24, 2.45) is 17.9 Å². The van der Waals surface area contributed by atoms with E-state index in [1.807, 2.05) is 29.8 Å². The Morgan fingerprint density at radius 2 is 1.77 bits per heavy atom. The molecule has 3 saturated carbocycles. The monoisotopic (exact) mass is 548 g/mol. The first kappa shape index (κ1) is 24.4. The van der Waals surface area contributed by atoms with Crippen LogP contribution in [0.25, 0.3) is 11.2 Å². The molecule has 4 aliphatic rings. The molecule has 4 aromatic rings. The second-order valence-corrected chi connectivity index (χ2v) is 13.0. The van der Waals surface area contributed by atoms with Gasteiger partial charge in [-0.1, -0.05) is 12.1 Å². The maximum Gasteiger partial charge on any atom is 0.418 e. The fourth-order valence-corrected chi connectivity index (χ4v) is 7.67. The van der Waals surface area contributed by atoms with Gasteiger partial charge < -0.3 is 4.57 Å². The van der Waals surface area contributed by atoms with Crippen LogP contribution in [0.2, 0.25) is 0 Å². The molecular weight excluding hydrogens is 517 g/mol. The van der Waals surface area contributed by atoms with Crippen molar-refractivity contribution in [2.75, 3.05) is 13.1 Å². The van der Waals surface area contributed by atoms with E-state index in [-0.39, 0.29) is 10.9 Å². The highest BCUT2D eigenvalue weighted by Crippen LogP contribution is 2.70. The minimum absolute atomic E-state index is 0.129. The first-order chi connectivity index (χ1) is 19.1. The zero-order chi connectivity index (χ0) is 27.5. The molecule has 0 atom stereocenters. The Balaban J connectivity index is 1.21. The van der Waals surface area contributed by atoms with Gasteiger partial charge in [0.25, 0.3) is 0 Å². The van der Waals surface area contributed by atoms with Crippen LogP contribution in [0, 0.1) is 10.8 Å². The van der Waals surface area contributed by atoms with Gasteiger partial charge in [0.1, 0.15) is 12.2 Å². The van der Waals surface area contributed by atoms with Gasteiger partial charge in [0, 0.05) is 32.5 Å². The molecule has 7 nitrogen and oxygen atoms in total. The van der Waals surface area contributed by atoms with E-state index in [1.165, 1.54) is 46.9 Å². The minimum Gasteiger partial charge on any atom is -0.320 e.